The molecule has 0 spiro atoms. The van der Waals surface area contributed by atoms with Gasteiger partial charge in [0.2, 0.25) is 0 Å². The molecule has 0 amide bonds. The highest BCUT2D eigenvalue weighted by molar-refractivity contribution is 7.48. The normalized spacial score (nSPS) is 13.8. The van der Waals surface area contributed by atoms with E-state index in [0.717, 1.165) is 30.9 Å². The maximum atomic E-state index is 5.95. The zero-order valence-electron chi connectivity index (χ0n) is 19.0. The molecule has 0 saturated carbocycles. The van der Waals surface area contributed by atoms with Crippen molar-refractivity contribution >= 4 is 13.9 Å². The molecule has 0 aliphatic carbocycles. The molecule has 0 aromatic heterocycles. The van der Waals surface area contributed by atoms with Crippen LogP contribution in [0.15, 0.2) is 36.4 Å². The zero-order chi connectivity index (χ0) is 21.4. The number of rotatable bonds is 11. The molecular formula is C24H36NO3P. The Morgan fingerprint density at radius 2 is 1.83 bits per heavy atom. The monoisotopic (exact) mass is 417 g/mol. The van der Waals surface area contributed by atoms with Gasteiger partial charge in [0.1, 0.15) is 11.5 Å². The van der Waals surface area contributed by atoms with Gasteiger partial charge in [0.15, 0.2) is 6.79 Å². The van der Waals surface area contributed by atoms with Gasteiger partial charge < -0.3 is 19.1 Å². The van der Waals surface area contributed by atoms with Gasteiger partial charge in [-0.25, -0.2) is 0 Å². The van der Waals surface area contributed by atoms with Crippen LogP contribution in [0.3, 0.4) is 0 Å². The number of benzene rings is 2. The lowest BCUT2D eigenvalue weighted by Crippen LogP contribution is -2.24. The lowest BCUT2D eigenvalue weighted by atomic mass is 9.94. The Morgan fingerprint density at radius 3 is 2.45 bits per heavy atom. The Kier molecular flexibility index (Phi) is 8.95. The van der Waals surface area contributed by atoms with E-state index in [9.17, 15) is 0 Å². The summed E-state index contributed by atoms with van der Waals surface area (Å²) in [5, 5.41) is 1.36. The summed E-state index contributed by atoms with van der Waals surface area (Å²) in [6.45, 7) is 7.94. The molecule has 0 aliphatic heterocycles. The molecular weight excluding hydrogens is 381 g/mol. The summed E-state index contributed by atoms with van der Waals surface area (Å²) in [4.78, 5) is 2.23. The van der Waals surface area contributed by atoms with Gasteiger partial charge in [-0.1, -0.05) is 52.6 Å². The molecule has 0 bridgehead atoms. The topological polar surface area (TPSA) is 30.9 Å². The summed E-state index contributed by atoms with van der Waals surface area (Å²) in [6.07, 6.45) is 2.16. The van der Waals surface area contributed by atoms with Gasteiger partial charge in [0.25, 0.3) is 0 Å². The maximum absolute atomic E-state index is 5.95. The average molecular weight is 418 g/mol. The van der Waals surface area contributed by atoms with Crippen molar-refractivity contribution in [1.29, 1.82) is 0 Å². The third-order valence-electron chi connectivity index (χ3n) is 5.02. The SMILES string of the molecule is CCCC(C)(Pc1ccc(C)cc1CN(C)C)c1cc(OC)ccc1OCOC. The van der Waals surface area contributed by atoms with Crippen LogP contribution in [-0.2, 0) is 16.4 Å². The average Bonchev–Trinajstić information content (AvgIpc) is 2.68. The van der Waals surface area contributed by atoms with Crippen molar-refractivity contribution < 1.29 is 14.2 Å². The van der Waals surface area contributed by atoms with E-state index in [4.69, 9.17) is 14.2 Å². The van der Waals surface area contributed by atoms with Crippen molar-refractivity contribution in [1.82, 2.24) is 4.90 Å². The summed E-state index contributed by atoms with van der Waals surface area (Å²) in [5.41, 5.74) is 3.89. The molecule has 29 heavy (non-hydrogen) atoms. The molecule has 160 valence electrons. The molecule has 2 aromatic carbocycles. The molecule has 0 heterocycles. The molecule has 0 N–H and O–H groups in total. The molecule has 0 radical (unpaired) electrons. The van der Waals surface area contributed by atoms with E-state index in [-0.39, 0.29) is 11.9 Å². The molecule has 2 rings (SSSR count). The van der Waals surface area contributed by atoms with E-state index in [1.54, 1.807) is 14.2 Å². The quantitative estimate of drug-likeness (QED) is 0.377. The lowest BCUT2D eigenvalue weighted by Gasteiger charge is -2.33. The summed E-state index contributed by atoms with van der Waals surface area (Å²) in [7, 11) is 8.23. The minimum Gasteiger partial charge on any atom is -0.497 e. The van der Waals surface area contributed by atoms with Crippen molar-refractivity contribution in [3.8, 4) is 11.5 Å². The highest BCUT2D eigenvalue weighted by atomic mass is 31.1. The van der Waals surface area contributed by atoms with Crippen molar-refractivity contribution in [2.75, 3.05) is 35.1 Å². The number of hydrogen-bond donors (Lipinski definition) is 0. The van der Waals surface area contributed by atoms with Crippen LogP contribution in [0.2, 0.25) is 0 Å². The van der Waals surface area contributed by atoms with Gasteiger partial charge in [0, 0.05) is 24.4 Å². The predicted octanol–water partition coefficient (Wildman–Crippen LogP) is 5.07. The highest BCUT2D eigenvalue weighted by Gasteiger charge is 2.31. The second-order valence-electron chi connectivity index (χ2n) is 8.02. The van der Waals surface area contributed by atoms with Gasteiger partial charge >= 0.3 is 0 Å². The Bertz CT molecular complexity index is 794. The maximum Gasteiger partial charge on any atom is 0.188 e. The summed E-state index contributed by atoms with van der Waals surface area (Å²) < 4.78 is 16.7. The van der Waals surface area contributed by atoms with Crippen LogP contribution >= 0.6 is 8.58 Å². The molecule has 5 heteroatoms. The van der Waals surface area contributed by atoms with Crippen LogP contribution in [0.25, 0.3) is 0 Å². The fourth-order valence-corrected chi connectivity index (χ4v) is 5.47. The van der Waals surface area contributed by atoms with Gasteiger partial charge in [-0.3, -0.25) is 0 Å². The number of aryl methyl sites for hydroxylation is 1. The molecule has 4 nitrogen and oxygen atoms in total. The molecule has 2 aromatic rings. The fourth-order valence-electron chi connectivity index (χ4n) is 3.69. The third-order valence-corrected chi connectivity index (χ3v) is 6.85. The molecule has 0 fully saturated rings. The van der Waals surface area contributed by atoms with Crippen LogP contribution < -0.4 is 14.8 Å². The van der Waals surface area contributed by atoms with Crippen molar-refractivity contribution in [3.63, 3.8) is 0 Å². The predicted molar refractivity (Wildman–Crippen MR) is 124 cm³/mol. The Hall–Kier alpha value is -1.61. The second-order valence-corrected chi connectivity index (χ2v) is 9.91. The molecule has 0 saturated heterocycles. The smallest absolute Gasteiger partial charge is 0.188 e. The van der Waals surface area contributed by atoms with E-state index in [1.165, 1.54) is 22.0 Å². The van der Waals surface area contributed by atoms with Gasteiger partial charge in [-0.2, -0.15) is 0 Å². The van der Waals surface area contributed by atoms with Crippen molar-refractivity contribution in [2.24, 2.45) is 0 Å². The Morgan fingerprint density at radius 1 is 1.07 bits per heavy atom. The van der Waals surface area contributed by atoms with E-state index in [0.29, 0.717) is 8.58 Å². The third kappa shape index (κ3) is 6.44. The Labute approximate surface area is 178 Å². The fraction of sp³-hybridized carbons (Fsp3) is 0.500. The lowest BCUT2D eigenvalue weighted by molar-refractivity contribution is 0.0500. The summed E-state index contributed by atoms with van der Waals surface area (Å²) >= 11 is 0. The number of ether oxygens (including phenoxy) is 3. The molecule has 2 atom stereocenters. The molecule has 2 unspecified atom stereocenters. The van der Waals surface area contributed by atoms with Crippen LogP contribution in [0, 0.1) is 6.92 Å². The van der Waals surface area contributed by atoms with E-state index in [2.05, 4.69) is 64.0 Å². The molecule has 0 aliphatic rings. The van der Waals surface area contributed by atoms with Gasteiger partial charge in [-0.05, 0) is 56.5 Å². The standard InChI is InChI=1S/C24H36NO3P/c1-8-13-24(3,21-15-20(27-7)10-11-22(21)28-17-26-6)29-23-12-9-18(2)14-19(23)16-25(4)5/h9-12,14-15,29H,8,13,16-17H2,1-7H3. The first kappa shape index (κ1) is 23.7. The second kappa shape index (κ2) is 11.0. The van der Waals surface area contributed by atoms with Crippen LogP contribution in [0.4, 0.5) is 0 Å². The van der Waals surface area contributed by atoms with Crippen LogP contribution in [-0.4, -0.2) is 40.0 Å². The zero-order valence-corrected chi connectivity index (χ0v) is 20.0. The van der Waals surface area contributed by atoms with Gasteiger partial charge in [0.05, 0.1) is 7.11 Å². The van der Waals surface area contributed by atoms with Crippen molar-refractivity contribution in [2.45, 2.75) is 45.3 Å². The number of hydrogen-bond acceptors (Lipinski definition) is 4. The van der Waals surface area contributed by atoms with E-state index < -0.39 is 0 Å². The first-order valence-electron chi connectivity index (χ1n) is 10.2. The highest BCUT2D eigenvalue weighted by Crippen LogP contribution is 2.49. The van der Waals surface area contributed by atoms with Crippen LogP contribution in [0.5, 0.6) is 11.5 Å². The summed E-state index contributed by atoms with van der Waals surface area (Å²) in [5.74, 6) is 1.73. The Balaban J connectivity index is 2.52. The first-order chi connectivity index (χ1) is 13.8. The minimum absolute atomic E-state index is 0.0529. The van der Waals surface area contributed by atoms with E-state index in [1.807, 2.05) is 12.1 Å². The first-order valence-corrected chi connectivity index (χ1v) is 11.2. The van der Waals surface area contributed by atoms with Crippen LogP contribution in [0.1, 0.15) is 43.4 Å². The number of methoxy groups -OCH3 is 2. The van der Waals surface area contributed by atoms with Crippen molar-refractivity contribution in [3.05, 3.63) is 53.1 Å². The largest absolute Gasteiger partial charge is 0.497 e. The van der Waals surface area contributed by atoms with Gasteiger partial charge in [-0.15, -0.1) is 0 Å². The summed E-state index contributed by atoms with van der Waals surface area (Å²) in [6, 6.07) is 12.9. The minimum atomic E-state index is -0.0529. The number of nitrogens with zero attached hydrogens (tertiary/aromatic N) is 1. The van der Waals surface area contributed by atoms with E-state index >= 15 is 0 Å².